The third-order valence-corrected chi connectivity index (χ3v) is 4.37. The fraction of sp³-hybridized carbons (Fsp3) is 0.105. The van der Waals surface area contributed by atoms with E-state index >= 15 is 0 Å². The van der Waals surface area contributed by atoms with Gasteiger partial charge in [-0.1, -0.05) is 35.0 Å². The number of hydrogen-bond donors (Lipinski definition) is 1. The van der Waals surface area contributed by atoms with Crippen LogP contribution in [0, 0.1) is 6.92 Å². The molecule has 0 saturated carbocycles. The summed E-state index contributed by atoms with van der Waals surface area (Å²) in [6.07, 6.45) is 4.77. The molecule has 0 saturated heterocycles. The fourth-order valence-corrected chi connectivity index (χ4v) is 2.76. The lowest BCUT2D eigenvalue weighted by molar-refractivity contribution is 0.0946. The molecule has 0 atom stereocenters. The molecule has 3 heterocycles. The van der Waals surface area contributed by atoms with Gasteiger partial charge in [0, 0.05) is 24.0 Å². The molecule has 0 spiro atoms. The minimum atomic E-state index is -0.295. The van der Waals surface area contributed by atoms with Crippen molar-refractivity contribution in [2.45, 2.75) is 13.5 Å². The summed E-state index contributed by atoms with van der Waals surface area (Å²) < 4.78 is 6.78. The number of imidazole rings is 1. The Morgan fingerprint density at radius 3 is 2.79 bits per heavy atom. The number of benzene rings is 1. The quantitative estimate of drug-likeness (QED) is 0.558. The average molecular weight is 395 g/mol. The van der Waals surface area contributed by atoms with E-state index < -0.39 is 0 Å². The van der Waals surface area contributed by atoms with E-state index in [4.69, 9.17) is 16.1 Å². The second-order valence-corrected chi connectivity index (χ2v) is 6.40. The maximum atomic E-state index is 12.3. The Balaban J connectivity index is 1.45. The zero-order chi connectivity index (χ0) is 19.5. The molecule has 0 aliphatic heterocycles. The molecule has 0 aliphatic rings. The normalized spacial score (nSPS) is 10.8. The van der Waals surface area contributed by atoms with Crippen LogP contribution in [0.25, 0.3) is 17.3 Å². The average Bonchev–Trinajstić information content (AvgIpc) is 3.37. The number of rotatable bonds is 5. The predicted octanol–water partition coefficient (Wildman–Crippen LogP) is 3.21. The number of aryl methyl sites for hydroxylation is 1. The Morgan fingerprint density at radius 2 is 2.07 bits per heavy atom. The summed E-state index contributed by atoms with van der Waals surface area (Å²) in [7, 11) is 0. The van der Waals surface area contributed by atoms with Gasteiger partial charge in [-0.15, -0.1) is 0 Å². The molecule has 4 rings (SSSR count). The molecule has 1 amide bonds. The van der Waals surface area contributed by atoms with E-state index in [-0.39, 0.29) is 11.6 Å². The predicted molar refractivity (Wildman–Crippen MR) is 102 cm³/mol. The number of carbonyl (C=O) groups is 1. The van der Waals surface area contributed by atoms with Crippen LogP contribution in [0.2, 0.25) is 5.02 Å². The van der Waals surface area contributed by atoms with Crippen LogP contribution in [-0.2, 0) is 6.54 Å². The SMILES string of the molecule is Cc1noc(-c2ccc(-n3cnc(C(=O)NCc4ccccc4Cl)c3)nc2)n1. The van der Waals surface area contributed by atoms with Crippen LogP contribution < -0.4 is 5.32 Å². The van der Waals surface area contributed by atoms with E-state index in [1.807, 2.05) is 24.3 Å². The second-order valence-electron chi connectivity index (χ2n) is 5.99. The van der Waals surface area contributed by atoms with Crippen molar-refractivity contribution in [3.8, 4) is 17.3 Å². The van der Waals surface area contributed by atoms with E-state index in [1.165, 1.54) is 6.33 Å². The molecule has 0 bridgehead atoms. The van der Waals surface area contributed by atoms with Gasteiger partial charge < -0.3 is 9.84 Å². The second kappa shape index (κ2) is 7.61. The van der Waals surface area contributed by atoms with Crippen LogP contribution in [0.5, 0.6) is 0 Å². The van der Waals surface area contributed by atoms with Gasteiger partial charge in [-0.25, -0.2) is 9.97 Å². The van der Waals surface area contributed by atoms with Crippen molar-refractivity contribution < 1.29 is 9.32 Å². The maximum absolute atomic E-state index is 12.3. The molecule has 1 aromatic carbocycles. The highest BCUT2D eigenvalue weighted by Gasteiger charge is 2.12. The minimum absolute atomic E-state index is 0.283. The van der Waals surface area contributed by atoms with Gasteiger partial charge in [0.05, 0.1) is 5.56 Å². The number of amides is 1. The van der Waals surface area contributed by atoms with Gasteiger partial charge in [0.15, 0.2) is 5.82 Å². The topological polar surface area (TPSA) is 98.7 Å². The summed E-state index contributed by atoms with van der Waals surface area (Å²) in [4.78, 5) is 25.0. The van der Waals surface area contributed by atoms with Crippen LogP contribution in [0.15, 0.2) is 59.6 Å². The molecule has 0 radical (unpaired) electrons. The van der Waals surface area contributed by atoms with Crippen molar-refractivity contribution >= 4 is 17.5 Å². The van der Waals surface area contributed by atoms with Crippen LogP contribution in [-0.4, -0.2) is 30.6 Å². The Labute approximate surface area is 165 Å². The largest absolute Gasteiger partial charge is 0.347 e. The van der Waals surface area contributed by atoms with Crippen LogP contribution in [0.1, 0.15) is 21.9 Å². The smallest absolute Gasteiger partial charge is 0.271 e. The molecule has 28 heavy (non-hydrogen) atoms. The number of carbonyl (C=O) groups excluding carboxylic acids is 1. The van der Waals surface area contributed by atoms with E-state index in [0.29, 0.717) is 34.7 Å². The maximum Gasteiger partial charge on any atom is 0.271 e. The Morgan fingerprint density at radius 1 is 1.21 bits per heavy atom. The fourth-order valence-electron chi connectivity index (χ4n) is 2.55. The molecule has 0 unspecified atom stereocenters. The van der Waals surface area contributed by atoms with Crippen LogP contribution in [0.4, 0.5) is 0 Å². The number of nitrogens with one attached hydrogen (secondary N) is 1. The Kier molecular flexibility index (Phi) is 4.86. The van der Waals surface area contributed by atoms with Crippen molar-refractivity contribution in [1.29, 1.82) is 0 Å². The molecule has 1 N–H and O–H groups in total. The van der Waals surface area contributed by atoms with Crippen LogP contribution in [0.3, 0.4) is 0 Å². The zero-order valence-electron chi connectivity index (χ0n) is 14.8. The first-order valence-corrected chi connectivity index (χ1v) is 8.80. The lowest BCUT2D eigenvalue weighted by Gasteiger charge is -2.05. The first kappa shape index (κ1) is 17.9. The molecule has 3 aromatic heterocycles. The lowest BCUT2D eigenvalue weighted by Crippen LogP contribution is -2.23. The van der Waals surface area contributed by atoms with Crippen molar-refractivity contribution in [1.82, 2.24) is 30.0 Å². The van der Waals surface area contributed by atoms with Gasteiger partial charge in [0.2, 0.25) is 0 Å². The third-order valence-electron chi connectivity index (χ3n) is 4.00. The van der Waals surface area contributed by atoms with E-state index in [9.17, 15) is 4.79 Å². The van der Waals surface area contributed by atoms with Crippen molar-refractivity contribution in [2.75, 3.05) is 0 Å². The molecule has 0 fully saturated rings. The summed E-state index contributed by atoms with van der Waals surface area (Å²) in [6.45, 7) is 2.07. The van der Waals surface area contributed by atoms with E-state index in [0.717, 1.165) is 5.56 Å². The van der Waals surface area contributed by atoms with Crippen molar-refractivity contribution in [3.05, 3.63) is 77.2 Å². The summed E-state index contributed by atoms with van der Waals surface area (Å²) in [5, 5.41) is 7.17. The number of hydrogen-bond acceptors (Lipinski definition) is 6. The molecule has 8 nitrogen and oxygen atoms in total. The Hall–Kier alpha value is -3.52. The summed E-state index contributed by atoms with van der Waals surface area (Å²) in [5.41, 5.74) is 1.83. The number of pyridine rings is 1. The highest BCUT2D eigenvalue weighted by Crippen LogP contribution is 2.18. The summed E-state index contributed by atoms with van der Waals surface area (Å²) >= 11 is 6.10. The zero-order valence-corrected chi connectivity index (χ0v) is 15.6. The van der Waals surface area contributed by atoms with Crippen molar-refractivity contribution in [3.63, 3.8) is 0 Å². The van der Waals surface area contributed by atoms with Crippen molar-refractivity contribution in [2.24, 2.45) is 0 Å². The molecule has 0 aliphatic carbocycles. The first-order valence-electron chi connectivity index (χ1n) is 8.43. The number of nitrogens with zero attached hydrogens (tertiary/aromatic N) is 5. The molecule has 4 aromatic rings. The monoisotopic (exact) mass is 394 g/mol. The Bertz CT molecular complexity index is 1120. The van der Waals surface area contributed by atoms with Gasteiger partial charge in [0.1, 0.15) is 17.8 Å². The highest BCUT2D eigenvalue weighted by atomic mass is 35.5. The van der Waals surface area contributed by atoms with Gasteiger partial charge >= 0.3 is 0 Å². The van der Waals surface area contributed by atoms with Gasteiger partial charge in [-0.05, 0) is 30.7 Å². The first-order chi connectivity index (χ1) is 13.6. The van der Waals surface area contributed by atoms with Gasteiger partial charge in [0.25, 0.3) is 11.8 Å². The van der Waals surface area contributed by atoms with E-state index in [2.05, 4.69) is 25.4 Å². The van der Waals surface area contributed by atoms with E-state index in [1.54, 1.807) is 36.0 Å². The number of aromatic nitrogens is 5. The summed E-state index contributed by atoms with van der Waals surface area (Å²) in [5.74, 6) is 1.28. The number of halogens is 1. The van der Waals surface area contributed by atoms with Gasteiger partial charge in [-0.3, -0.25) is 9.36 Å². The molecule has 140 valence electrons. The highest BCUT2D eigenvalue weighted by molar-refractivity contribution is 6.31. The molecular formula is C19H15ClN6O2. The van der Waals surface area contributed by atoms with Crippen LogP contribution >= 0.6 is 11.6 Å². The standard InChI is InChI=1S/C19H15ClN6O2/c1-12-24-19(28-25-12)14-6-7-17(21-9-14)26-10-16(23-11-26)18(27)22-8-13-4-2-3-5-15(13)20/h2-7,9-11H,8H2,1H3,(H,22,27). The van der Waals surface area contributed by atoms with Gasteiger partial charge in [-0.2, -0.15) is 4.98 Å². The summed E-state index contributed by atoms with van der Waals surface area (Å²) in [6, 6.07) is 10.9. The molecule has 9 heteroatoms. The third kappa shape index (κ3) is 3.77. The minimum Gasteiger partial charge on any atom is -0.347 e. The molecular weight excluding hydrogens is 380 g/mol. The lowest BCUT2D eigenvalue weighted by atomic mass is 10.2.